The molecule has 5 rings (SSSR count). The van der Waals surface area contributed by atoms with Crippen molar-refractivity contribution in [1.29, 1.82) is 0 Å². The second-order valence-corrected chi connectivity index (χ2v) is 10.2. The number of amides is 1. The number of hydrogen-bond acceptors (Lipinski definition) is 7. The molecule has 1 aliphatic carbocycles. The fourth-order valence-corrected chi connectivity index (χ4v) is 5.61. The van der Waals surface area contributed by atoms with Crippen molar-refractivity contribution < 1.29 is 19.4 Å². The molecule has 184 valence electrons. The summed E-state index contributed by atoms with van der Waals surface area (Å²) in [6.45, 7) is 4.46. The molecule has 35 heavy (non-hydrogen) atoms. The zero-order valence-corrected chi connectivity index (χ0v) is 20.1. The van der Waals surface area contributed by atoms with Crippen LogP contribution in [0.25, 0.3) is 0 Å². The molecule has 1 amide bonds. The molecule has 1 atom stereocenters. The molecule has 1 saturated heterocycles. The van der Waals surface area contributed by atoms with Gasteiger partial charge in [-0.1, -0.05) is 24.3 Å². The summed E-state index contributed by atoms with van der Waals surface area (Å²) in [5.74, 6) is 0.105. The number of carbonyl (C=O) groups is 2. The Bertz CT molecular complexity index is 1170. The van der Waals surface area contributed by atoms with Gasteiger partial charge in [0.2, 0.25) is 11.8 Å². The van der Waals surface area contributed by atoms with E-state index in [1.807, 2.05) is 13.8 Å². The highest BCUT2D eigenvalue weighted by Crippen LogP contribution is 2.40. The van der Waals surface area contributed by atoms with E-state index in [1.54, 1.807) is 4.90 Å². The SMILES string of the molecule is CC1(C)Oc2ncnc(N)c2N=C1c1ccc(C2CCC(C(=O)N3CCCC3C(=O)O)CC2)cc1. The van der Waals surface area contributed by atoms with Gasteiger partial charge in [0.25, 0.3) is 0 Å². The number of hydrogen-bond donors (Lipinski definition) is 2. The molecule has 1 aromatic carbocycles. The van der Waals surface area contributed by atoms with Crippen molar-refractivity contribution >= 4 is 29.1 Å². The lowest BCUT2D eigenvalue weighted by molar-refractivity contribution is -0.150. The number of aliphatic carboxylic acids is 1. The zero-order chi connectivity index (χ0) is 24.7. The first-order valence-corrected chi connectivity index (χ1v) is 12.3. The molecule has 1 aromatic heterocycles. The zero-order valence-electron chi connectivity index (χ0n) is 20.1. The summed E-state index contributed by atoms with van der Waals surface area (Å²) in [4.78, 5) is 39.0. The van der Waals surface area contributed by atoms with E-state index in [9.17, 15) is 14.7 Å². The van der Waals surface area contributed by atoms with E-state index in [4.69, 9.17) is 15.5 Å². The normalized spacial score (nSPS) is 25.4. The maximum Gasteiger partial charge on any atom is 0.326 e. The van der Waals surface area contributed by atoms with E-state index in [1.165, 1.54) is 11.9 Å². The first kappa shape index (κ1) is 23.3. The number of ether oxygens (including phenoxy) is 1. The highest BCUT2D eigenvalue weighted by atomic mass is 16.5. The Labute approximate surface area is 204 Å². The molecular formula is C26H31N5O4. The molecule has 0 bridgehead atoms. The fourth-order valence-electron chi connectivity index (χ4n) is 5.61. The lowest BCUT2D eigenvalue weighted by Gasteiger charge is -2.33. The summed E-state index contributed by atoms with van der Waals surface area (Å²) in [5, 5.41) is 9.41. The number of nitrogens with two attached hydrogens (primary N) is 1. The number of aromatic nitrogens is 2. The van der Waals surface area contributed by atoms with Crippen molar-refractivity contribution in [2.24, 2.45) is 10.9 Å². The standard InChI is InChI=1S/C26H31N5O4/c1-26(2)21(30-20-22(27)28-14-29-23(20)35-26)17-9-5-15(6-10-17)16-7-11-18(12-8-16)24(32)31-13-3-4-19(31)25(33)34/h5-6,9-10,14,16,18-19H,3-4,7-8,11-13H2,1-2H3,(H,33,34)(H2,27,28,29). The van der Waals surface area contributed by atoms with Gasteiger partial charge in [-0.15, -0.1) is 0 Å². The third-order valence-electron chi connectivity index (χ3n) is 7.52. The van der Waals surface area contributed by atoms with Crippen LogP contribution >= 0.6 is 0 Å². The molecule has 1 unspecified atom stereocenters. The van der Waals surface area contributed by atoms with Gasteiger partial charge < -0.3 is 20.5 Å². The van der Waals surface area contributed by atoms with Crippen molar-refractivity contribution in [2.75, 3.05) is 12.3 Å². The van der Waals surface area contributed by atoms with Crippen LogP contribution in [0, 0.1) is 5.92 Å². The largest absolute Gasteiger partial charge is 0.480 e. The Morgan fingerprint density at radius 3 is 2.49 bits per heavy atom. The van der Waals surface area contributed by atoms with Gasteiger partial charge in [-0.05, 0) is 63.9 Å². The van der Waals surface area contributed by atoms with Gasteiger partial charge in [-0.3, -0.25) is 4.79 Å². The number of benzene rings is 1. The average Bonchev–Trinajstić information content (AvgIpc) is 3.34. The Morgan fingerprint density at radius 1 is 1.09 bits per heavy atom. The number of likely N-dealkylation sites (tertiary alicyclic amines) is 1. The lowest BCUT2D eigenvalue weighted by Crippen LogP contribution is -2.44. The van der Waals surface area contributed by atoms with Gasteiger partial charge >= 0.3 is 5.97 Å². The molecule has 9 heteroatoms. The minimum atomic E-state index is -0.889. The van der Waals surface area contributed by atoms with Crippen molar-refractivity contribution in [3.8, 4) is 5.88 Å². The molecule has 2 fully saturated rings. The Morgan fingerprint density at radius 2 is 1.80 bits per heavy atom. The van der Waals surface area contributed by atoms with Crippen molar-refractivity contribution in [2.45, 2.75) is 69.9 Å². The summed E-state index contributed by atoms with van der Waals surface area (Å²) < 4.78 is 6.08. The van der Waals surface area contributed by atoms with Crippen LogP contribution in [0.15, 0.2) is 35.6 Å². The number of fused-ring (bicyclic) bond motifs is 1. The van der Waals surface area contributed by atoms with Gasteiger partial charge in [0.1, 0.15) is 18.0 Å². The summed E-state index contributed by atoms with van der Waals surface area (Å²) in [5.41, 5.74) is 8.74. The molecular weight excluding hydrogens is 446 g/mol. The Kier molecular flexibility index (Phi) is 5.94. The van der Waals surface area contributed by atoms with E-state index in [0.29, 0.717) is 30.5 Å². The van der Waals surface area contributed by atoms with Crippen LogP contribution in [0.1, 0.15) is 69.4 Å². The van der Waals surface area contributed by atoms with Crippen molar-refractivity contribution in [1.82, 2.24) is 14.9 Å². The Balaban J connectivity index is 1.27. The molecule has 2 aliphatic heterocycles. The topological polar surface area (TPSA) is 131 Å². The molecule has 3 aliphatic rings. The molecule has 3 N–H and O–H groups in total. The molecule has 0 spiro atoms. The first-order valence-electron chi connectivity index (χ1n) is 12.3. The second kappa shape index (κ2) is 8.94. The summed E-state index contributed by atoms with van der Waals surface area (Å²) >= 11 is 0. The summed E-state index contributed by atoms with van der Waals surface area (Å²) in [7, 11) is 0. The Hall–Kier alpha value is -3.49. The summed E-state index contributed by atoms with van der Waals surface area (Å²) in [6.07, 6.45) is 6.10. The van der Waals surface area contributed by atoms with E-state index in [2.05, 4.69) is 34.2 Å². The molecule has 9 nitrogen and oxygen atoms in total. The van der Waals surface area contributed by atoms with Gasteiger partial charge in [-0.25, -0.2) is 14.8 Å². The van der Waals surface area contributed by atoms with Gasteiger partial charge in [-0.2, -0.15) is 4.98 Å². The van der Waals surface area contributed by atoms with Crippen LogP contribution in [0.3, 0.4) is 0 Å². The number of carbonyl (C=O) groups excluding carboxylic acids is 1. The van der Waals surface area contributed by atoms with Gasteiger partial charge in [0, 0.05) is 18.0 Å². The minimum absolute atomic E-state index is 0.0183. The third kappa shape index (κ3) is 4.35. The molecule has 1 saturated carbocycles. The van der Waals surface area contributed by atoms with E-state index < -0.39 is 17.6 Å². The number of nitrogen functional groups attached to an aromatic ring is 1. The number of carboxylic acids is 1. The van der Waals surface area contributed by atoms with Crippen LogP contribution in [-0.4, -0.2) is 55.8 Å². The quantitative estimate of drug-likeness (QED) is 0.686. The number of anilines is 1. The van der Waals surface area contributed by atoms with Crippen LogP contribution in [0.2, 0.25) is 0 Å². The highest BCUT2D eigenvalue weighted by molar-refractivity contribution is 6.09. The predicted molar refractivity (Wildman–Crippen MR) is 131 cm³/mol. The second-order valence-electron chi connectivity index (χ2n) is 10.2. The maximum atomic E-state index is 13.0. The third-order valence-corrected chi connectivity index (χ3v) is 7.52. The number of nitrogens with zero attached hydrogens (tertiary/aromatic N) is 4. The number of aliphatic imine (C=N–C) groups is 1. The first-order chi connectivity index (χ1) is 16.7. The van der Waals surface area contributed by atoms with E-state index in [0.717, 1.165) is 43.4 Å². The monoisotopic (exact) mass is 477 g/mol. The molecule has 0 radical (unpaired) electrons. The summed E-state index contributed by atoms with van der Waals surface area (Å²) in [6, 6.07) is 7.72. The molecule has 3 heterocycles. The lowest BCUT2D eigenvalue weighted by atomic mass is 9.78. The predicted octanol–water partition coefficient (Wildman–Crippen LogP) is 3.70. The van der Waals surface area contributed by atoms with E-state index >= 15 is 0 Å². The fraction of sp³-hybridized carbons (Fsp3) is 0.500. The van der Waals surface area contributed by atoms with Crippen LogP contribution in [0.4, 0.5) is 11.5 Å². The van der Waals surface area contributed by atoms with E-state index in [-0.39, 0.29) is 17.6 Å². The van der Waals surface area contributed by atoms with Crippen LogP contribution in [-0.2, 0) is 9.59 Å². The van der Waals surface area contributed by atoms with Crippen molar-refractivity contribution in [3.05, 3.63) is 41.7 Å². The van der Waals surface area contributed by atoms with Crippen LogP contribution < -0.4 is 10.5 Å². The minimum Gasteiger partial charge on any atom is -0.480 e. The van der Waals surface area contributed by atoms with Gasteiger partial charge in [0.05, 0.1) is 5.71 Å². The average molecular weight is 478 g/mol. The molecule has 2 aromatic rings. The maximum absolute atomic E-state index is 13.0. The smallest absolute Gasteiger partial charge is 0.326 e. The number of rotatable bonds is 4. The highest BCUT2D eigenvalue weighted by Gasteiger charge is 2.39. The van der Waals surface area contributed by atoms with Crippen molar-refractivity contribution in [3.63, 3.8) is 0 Å². The van der Waals surface area contributed by atoms with Gasteiger partial charge in [0.15, 0.2) is 11.5 Å². The van der Waals surface area contributed by atoms with Crippen LogP contribution in [0.5, 0.6) is 5.88 Å². The number of carboxylic acid groups (broad SMARTS) is 1.